The fraction of sp³-hybridized carbons (Fsp3) is 0.391. The molecular formula is C23H25F2N7O2. The second kappa shape index (κ2) is 9.34. The van der Waals surface area contributed by atoms with Gasteiger partial charge in [-0.15, -0.1) is 10.2 Å². The molecule has 0 radical (unpaired) electrons. The quantitative estimate of drug-likeness (QED) is 0.592. The Morgan fingerprint density at radius 3 is 2.68 bits per heavy atom. The van der Waals surface area contributed by atoms with Gasteiger partial charge in [0, 0.05) is 44.4 Å². The lowest BCUT2D eigenvalue weighted by Gasteiger charge is -2.43. The summed E-state index contributed by atoms with van der Waals surface area (Å²) in [6.45, 7) is 5.82. The van der Waals surface area contributed by atoms with Gasteiger partial charge in [-0.2, -0.15) is 5.10 Å². The molecule has 2 aliphatic rings. The molecule has 3 aromatic rings. The Morgan fingerprint density at radius 2 is 1.94 bits per heavy atom. The topological polar surface area (TPSA) is 88.4 Å². The second-order valence-electron chi connectivity index (χ2n) is 8.39. The molecule has 4 heterocycles. The van der Waals surface area contributed by atoms with Crippen LogP contribution in [0.4, 0.5) is 14.6 Å². The summed E-state index contributed by atoms with van der Waals surface area (Å²) in [7, 11) is 0. The Morgan fingerprint density at radius 1 is 1.12 bits per heavy atom. The van der Waals surface area contributed by atoms with Gasteiger partial charge in [-0.25, -0.2) is 13.5 Å². The number of ether oxygens (including phenoxy) is 1. The number of carbonyl (C=O) groups excluding carboxylic acids is 1. The van der Waals surface area contributed by atoms with Gasteiger partial charge in [0.1, 0.15) is 12.6 Å². The number of halogens is 2. The molecule has 2 aliphatic heterocycles. The highest BCUT2D eigenvalue weighted by Crippen LogP contribution is 2.23. The third-order valence-electron chi connectivity index (χ3n) is 6.27. The number of hydrogen-bond donors (Lipinski definition) is 1. The van der Waals surface area contributed by atoms with Crippen molar-refractivity contribution in [2.45, 2.75) is 26.0 Å². The normalized spacial score (nSPS) is 18.6. The Kier molecular flexibility index (Phi) is 6.10. The molecule has 34 heavy (non-hydrogen) atoms. The Labute approximate surface area is 195 Å². The third kappa shape index (κ3) is 4.43. The number of fused-ring (bicyclic) bond motifs is 1. The molecule has 0 aliphatic carbocycles. The van der Waals surface area contributed by atoms with Crippen LogP contribution in [0.15, 0.2) is 42.6 Å². The maximum absolute atomic E-state index is 12.9. The van der Waals surface area contributed by atoms with Crippen LogP contribution in [-0.4, -0.2) is 69.6 Å². The number of carbonyl (C=O) groups is 1. The van der Waals surface area contributed by atoms with E-state index in [-0.39, 0.29) is 24.1 Å². The van der Waals surface area contributed by atoms with Crippen molar-refractivity contribution in [1.82, 2.24) is 30.2 Å². The number of rotatable bonds is 6. The summed E-state index contributed by atoms with van der Waals surface area (Å²) in [5.41, 5.74) is 2.33. The lowest BCUT2D eigenvalue weighted by Crippen LogP contribution is -2.64. The first-order chi connectivity index (χ1) is 16.5. The molecule has 1 atom stereocenters. The highest BCUT2D eigenvalue weighted by atomic mass is 19.3. The molecule has 11 heteroatoms. The van der Waals surface area contributed by atoms with Crippen LogP contribution in [-0.2, 0) is 11.4 Å². The van der Waals surface area contributed by atoms with Gasteiger partial charge in [-0.3, -0.25) is 9.69 Å². The van der Waals surface area contributed by atoms with E-state index < -0.39 is 6.43 Å². The Hall–Kier alpha value is -3.60. The van der Waals surface area contributed by atoms with Crippen molar-refractivity contribution < 1.29 is 18.3 Å². The van der Waals surface area contributed by atoms with Crippen molar-refractivity contribution in [1.29, 1.82) is 0 Å². The number of piperazine rings is 2. The molecule has 2 saturated heterocycles. The third-order valence-corrected chi connectivity index (χ3v) is 6.27. The molecular weight excluding hydrogens is 444 g/mol. The minimum Gasteiger partial charge on any atom is -0.470 e. The average Bonchev–Trinajstić information content (AvgIpc) is 3.23. The van der Waals surface area contributed by atoms with Crippen LogP contribution in [0, 0.1) is 6.92 Å². The summed E-state index contributed by atoms with van der Waals surface area (Å²) in [6, 6.07) is 9.43. The largest absolute Gasteiger partial charge is 0.470 e. The SMILES string of the molecule is Cc1cnn(-c2ccc(C(F)F)cc2)c1COc1ccc(N2CCN3CCNC(=O)[C@@H]3C2)nn1. The van der Waals surface area contributed by atoms with Crippen LogP contribution in [0.25, 0.3) is 5.69 Å². The molecule has 0 bridgehead atoms. The van der Waals surface area contributed by atoms with Crippen molar-refractivity contribution in [3.63, 3.8) is 0 Å². The number of hydrogen-bond acceptors (Lipinski definition) is 7. The molecule has 1 aromatic carbocycles. The predicted octanol–water partition coefficient (Wildman–Crippen LogP) is 2.11. The first-order valence-electron chi connectivity index (χ1n) is 11.1. The Bertz CT molecular complexity index is 1150. The molecule has 9 nitrogen and oxygen atoms in total. The molecule has 2 fully saturated rings. The number of anilines is 1. The standard InChI is InChI=1S/C23H25F2N7O2/c1-15-12-27-32(17-4-2-16(3-5-17)22(24)25)19(15)14-34-21-7-6-20(28-29-21)31-11-10-30-9-8-26-23(33)18(30)13-31/h2-7,12,18,22H,8-11,13-14H2,1H3,(H,26,33)/t18-/m0/s1. The van der Waals surface area contributed by atoms with Crippen LogP contribution >= 0.6 is 0 Å². The smallest absolute Gasteiger partial charge is 0.263 e. The van der Waals surface area contributed by atoms with Crippen molar-refractivity contribution in [2.24, 2.45) is 0 Å². The second-order valence-corrected chi connectivity index (χ2v) is 8.39. The number of amides is 1. The fourth-order valence-electron chi connectivity index (χ4n) is 4.30. The zero-order valence-electron chi connectivity index (χ0n) is 18.7. The highest BCUT2D eigenvalue weighted by Gasteiger charge is 2.35. The number of aryl methyl sites for hydroxylation is 1. The van der Waals surface area contributed by atoms with E-state index in [0.29, 0.717) is 30.5 Å². The van der Waals surface area contributed by atoms with Crippen molar-refractivity contribution >= 4 is 11.7 Å². The number of nitrogens with zero attached hydrogens (tertiary/aromatic N) is 6. The van der Waals surface area contributed by atoms with Crippen LogP contribution in [0.1, 0.15) is 23.2 Å². The van der Waals surface area contributed by atoms with Crippen LogP contribution in [0.2, 0.25) is 0 Å². The monoisotopic (exact) mass is 469 g/mol. The van der Waals surface area contributed by atoms with Crippen molar-refractivity contribution in [3.05, 3.63) is 59.4 Å². The maximum Gasteiger partial charge on any atom is 0.263 e. The average molecular weight is 469 g/mol. The van der Waals surface area contributed by atoms with E-state index in [4.69, 9.17) is 4.74 Å². The maximum atomic E-state index is 12.9. The van der Waals surface area contributed by atoms with Gasteiger partial charge < -0.3 is 15.0 Å². The van der Waals surface area contributed by atoms with Gasteiger partial charge in [-0.05, 0) is 30.7 Å². The van der Waals surface area contributed by atoms with E-state index in [2.05, 4.69) is 30.4 Å². The van der Waals surface area contributed by atoms with Gasteiger partial charge >= 0.3 is 0 Å². The molecule has 0 saturated carbocycles. The van der Waals surface area contributed by atoms with E-state index in [1.165, 1.54) is 12.1 Å². The van der Waals surface area contributed by atoms with Gasteiger partial charge in [0.15, 0.2) is 5.82 Å². The van der Waals surface area contributed by atoms with Crippen LogP contribution < -0.4 is 15.0 Å². The first-order valence-corrected chi connectivity index (χ1v) is 11.1. The van der Waals surface area contributed by atoms with Crippen LogP contribution in [0.3, 0.4) is 0 Å². The lowest BCUT2D eigenvalue weighted by molar-refractivity contribution is -0.129. The molecule has 1 N–H and O–H groups in total. The summed E-state index contributed by atoms with van der Waals surface area (Å²) in [5, 5.41) is 15.8. The van der Waals surface area contributed by atoms with E-state index in [1.54, 1.807) is 29.1 Å². The first kappa shape index (κ1) is 22.2. The number of nitrogens with one attached hydrogen (secondary N) is 1. The summed E-state index contributed by atoms with van der Waals surface area (Å²) in [6.07, 6.45) is -0.809. The molecule has 0 unspecified atom stereocenters. The van der Waals surface area contributed by atoms with Gasteiger partial charge in [0.05, 0.1) is 17.6 Å². The minimum atomic E-state index is -2.51. The summed E-state index contributed by atoms with van der Waals surface area (Å²) < 4.78 is 33.2. The molecule has 2 aromatic heterocycles. The summed E-state index contributed by atoms with van der Waals surface area (Å²) in [5.74, 6) is 1.11. The minimum absolute atomic E-state index is 0.0358. The van der Waals surface area contributed by atoms with Gasteiger partial charge in [0.2, 0.25) is 11.8 Å². The molecule has 178 valence electrons. The fourth-order valence-corrected chi connectivity index (χ4v) is 4.30. The number of alkyl halides is 2. The van der Waals surface area contributed by atoms with Gasteiger partial charge in [0.25, 0.3) is 6.43 Å². The molecule has 5 rings (SSSR count). The molecule has 0 spiro atoms. The Balaban J connectivity index is 1.24. The van der Waals surface area contributed by atoms with E-state index in [1.807, 2.05) is 13.0 Å². The zero-order valence-corrected chi connectivity index (χ0v) is 18.7. The molecule has 1 amide bonds. The summed E-state index contributed by atoms with van der Waals surface area (Å²) in [4.78, 5) is 16.4. The number of benzene rings is 1. The van der Waals surface area contributed by atoms with E-state index in [9.17, 15) is 13.6 Å². The van der Waals surface area contributed by atoms with Crippen LogP contribution in [0.5, 0.6) is 5.88 Å². The number of aromatic nitrogens is 4. The van der Waals surface area contributed by atoms with Crippen molar-refractivity contribution in [3.8, 4) is 11.6 Å². The van der Waals surface area contributed by atoms with Gasteiger partial charge in [-0.1, -0.05) is 12.1 Å². The van der Waals surface area contributed by atoms with E-state index in [0.717, 1.165) is 30.9 Å². The van der Waals surface area contributed by atoms with E-state index >= 15 is 0 Å². The predicted molar refractivity (Wildman–Crippen MR) is 120 cm³/mol. The zero-order chi connectivity index (χ0) is 23.7. The highest BCUT2D eigenvalue weighted by molar-refractivity contribution is 5.83. The lowest BCUT2D eigenvalue weighted by atomic mass is 10.1. The summed E-state index contributed by atoms with van der Waals surface area (Å²) >= 11 is 0. The van der Waals surface area contributed by atoms with Crippen molar-refractivity contribution in [2.75, 3.05) is 37.6 Å².